The SMILES string of the molecule is CC(C)c1ccc(NC2=C(c3cccs3)C(=O)N(c3ccc(Br)cc3)C2=O)cc1. The van der Waals surface area contributed by atoms with Crippen LogP contribution in [0.2, 0.25) is 0 Å². The van der Waals surface area contributed by atoms with Crippen molar-refractivity contribution in [2.24, 2.45) is 0 Å². The maximum atomic E-state index is 13.3. The van der Waals surface area contributed by atoms with Gasteiger partial charge in [0.1, 0.15) is 5.70 Å². The summed E-state index contributed by atoms with van der Waals surface area (Å²) in [7, 11) is 0. The lowest BCUT2D eigenvalue weighted by molar-refractivity contribution is -0.120. The number of halogens is 1. The van der Waals surface area contributed by atoms with Gasteiger partial charge in [-0.3, -0.25) is 9.59 Å². The minimum atomic E-state index is -0.353. The fourth-order valence-corrected chi connectivity index (χ4v) is 4.25. The molecule has 3 aromatic rings. The number of carbonyl (C=O) groups excluding carboxylic acids is 2. The molecule has 0 radical (unpaired) electrons. The van der Waals surface area contributed by atoms with Crippen LogP contribution in [-0.4, -0.2) is 11.8 Å². The Kier molecular flexibility index (Phi) is 5.39. The van der Waals surface area contributed by atoms with Crippen LogP contribution in [0.25, 0.3) is 5.57 Å². The lowest BCUT2D eigenvalue weighted by atomic mass is 10.0. The monoisotopic (exact) mass is 466 g/mol. The van der Waals surface area contributed by atoms with Crippen LogP contribution in [0.3, 0.4) is 0 Å². The molecule has 0 atom stereocenters. The molecule has 0 saturated heterocycles. The zero-order valence-corrected chi connectivity index (χ0v) is 18.4. The Hall–Kier alpha value is -2.70. The van der Waals surface area contributed by atoms with Crippen LogP contribution in [0.5, 0.6) is 0 Å². The van der Waals surface area contributed by atoms with Crippen LogP contribution in [0.1, 0.15) is 30.2 Å². The zero-order valence-electron chi connectivity index (χ0n) is 16.0. The Morgan fingerprint density at radius 3 is 2.21 bits per heavy atom. The van der Waals surface area contributed by atoms with E-state index in [9.17, 15) is 9.59 Å². The molecule has 29 heavy (non-hydrogen) atoms. The predicted octanol–water partition coefficient (Wildman–Crippen LogP) is 6.03. The van der Waals surface area contributed by atoms with Gasteiger partial charge in [0.15, 0.2) is 0 Å². The fourth-order valence-electron chi connectivity index (χ4n) is 3.22. The molecular formula is C23H19BrN2O2S. The van der Waals surface area contributed by atoms with Crippen LogP contribution in [0.15, 0.2) is 76.2 Å². The molecule has 4 nitrogen and oxygen atoms in total. The molecule has 146 valence electrons. The van der Waals surface area contributed by atoms with Gasteiger partial charge < -0.3 is 5.32 Å². The second-order valence-corrected chi connectivity index (χ2v) is 8.91. The van der Waals surface area contributed by atoms with Gasteiger partial charge in [-0.25, -0.2) is 4.90 Å². The summed E-state index contributed by atoms with van der Waals surface area (Å²) in [6, 6.07) is 18.8. The van der Waals surface area contributed by atoms with E-state index in [-0.39, 0.29) is 11.8 Å². The van der Waals surface area contributed by atoms with Gasteiger partial charge >= 0.3 is 0 Å². The van der Waals surface area contributed by atoms with Crippen LogP contribution in [0, 0.1) is 0 Å². The van der Waals surface area contributed by atoms with Gasteiger partial charge in [-0.1, -0.05) is 48.0 Å². The van der Waals surface area contributed by atoms with Crippen molar-refractivity contribution >= 4 is 56.0 Å². The Labute approximate surface area is 182 Å². The molecular weight excluding hydrogens is 448 g/mol. The molecule has 0 bridgehead atoms. The minimum Gasteiger partial charge on any atom is -0.350 e. The van der Waals surface area contributed by atoms with E-state index in [0.717, 1.165) is 15.0 Å². The Morgan fingerprint density at radius 1 is 0.931 bits per heavy atom. The number of hydrogen-bond acceptors (Lipinski definition) is 4. The summed E-state index contributed by atoms with van der Waals surface area (Å²) in [5.74, 6) is -0.248. The zero-order chi connectivity index (χ0) is 20.5. The van der Waals surface area contributed by atoms with Crippen LogP contribution >= 0.6 is 27.3 Å². The third kappa shape index (κ3) is 3.78. The van der Waals surface area contributed by atoms with Crippen molar-refractivity contribution in [3.8, 4) is 0 Å². The standard InChI is InChI=1S/C23H19BrN2O2S/c1-14(2)15-5-9-17(10-6-15)25-21-20(19-4-3-13-29-19)22(27)26(23(21)28)18-11-7-16(24)8-12-18/h3-14,25H,1-2H3. The van der Waals surface area contributed by atoms with Crippen molar-refractivity contribution in [2.75, 3.05) is 10.2 Å². The number of thiophene rings is 1. The molecule has 1 aromatic heterocycles. The smallest absolute Gasteiger partial charge is 0.282 e. The molecule has 0 aliphatic carbocycles. The molecule has 1 N–H and O–H groups in total. The first-order valence-corrected chi connectivity index (χ1v) is 10.9. The molecule has 2 heterocycles. The molecule has 1 aliphatic rings. The van der Waals surface area contributed by atoms with Crippen LogP contribution in [0.4, 0.5) is 11.4 Å². The van der Waals surface area contributed by atoms with Crippen molar-refractivity contribution in [2.45, 2.75) is 19.8 Å². The molecule has 2 amide bonds. The fraction of sp³-hybridized carbons (Fsp3) is 0.130. The Morgan fingerprint density at radius 2 is 1.62 bits per heavy atom. The van der Waals surface area contributed by atoms with Gasteiger partial charge in [-0.05, 0) is 59.3 Å². The van der Waals surface area contributed by atoms with Crippen molar-refractivity contribution in [3.05, 3.63) is 86.7 Å². The van der Waals surface area contributed by atoms with Crippen molar-refractivity contribution in [1.29, 1.82) is 0 Å². The summed E-state index contributed by atoms with van der Waals surface area (Å²) >= 11 is 4.83. The highest BCUT2D eigenvalue weighted by molar-refractivity contribution is 9.10. The van der Waals surface area contributed by atoms with E-state index in [2.05, 4.69) is 35.1 Å². The number of anilines is 2. The number of nitrogens with one attached hydrogen (secondary N) is 1. The van der Waals surface area contributed by atoms with E-state index in [1.165, 1.54) is 21.8 Å². The second-order valence-electron chi connectivity index (χ2n) is 7.05. The largest absolute Gasteiger partial charge is 0.350 e. The minimum absolute atomic E-state index is 0.303. The van der Waals surface area contributed by atoms with Gasteiger partial charge in [-0.15, -0.1) is 11.3 Å². The average Bonchev–Trinajstić information content (AvgIpc) is 3.30. The van der Waals surface area contributed by atoms with Crippen molar-refractivity contribution in [3.63, 3.8) is 0 Å². The normalized spacial score (nSPS) is 14.3. The van der Waals surface area contributed by atoms with Gasteiger partial charge in [0.2, 0.25) is 0 Å². The quantitative estimate of drug-likeness (QED) is 0.466. The van der Waals surface area contributed by atoms with E-state index >= 15 is 0 Å². The predicted molar refractivity (Wildman–Crippen MR) is 122 cm³/mol. The first-order valence-electron chi connectivity index (χ1n) is 9.25. The summed E-state index contributed by atoms with van der Waals surface area (Å²) < 4.78 is 0.885. The molecule has 0 fully saturated rings. The van der Waals surface area contributed by atoms with Gasteiger partial charge in [-0.2, -0.15) is 0 Å². The van der Waals surface area contributed by atoms with Gasteiger partial charge in [0, 0.05) is 15.0 Å². The number of amides is 2. The maximum absolute atomic E-state index is 13.3. The summed E-state index contributed by atoms with van der Waals surface area (Å²) in [6.45, 7) is 4.27. The summed E-state index contributed by atoms with van der Waals surface area (Å²) in [4.78, 5) is 28.5. The third-order valence-corrected chi connectivity index (χ3v) is 6.20. The Balaban J connectivity index is 1.74. The topological polar surface area (TPSA) is 49.4 Å². The molecule has 4 rings (SSSR count). The molecule has 0 saturated carbocycles. The van der Waals surface area contributed by atoms with E-state index < -0.39 is 0 Å². The highest BCUT2D eigenvalue weighted by Gasteiger charge is 2.40. The number of nitrogens with zero attached hydrogens (tertiary/aromatic N) is 1. The highest BCUT2D eigenvalue weighted by atomic mass is 79.9. The van der Waals surface area contributed by atoms with E-state index in [1.54, 1.807) is 12.1 Å². The summed E-state index contributed by atoms with van der Waals surface area (Å²) in [5, 5.41) is 5.10. The number of hydrogen-bond donors (Lipinski definition) is 1. The number of rotatable bonds is 5. The second kappa shape index (κ2) is 7.97. The third-order valence-electron chi connectivity index (χ3n) is 4.78. The number of benzene rings is 2. The molecule has 2 aromatic carbocycles. The highest BCUT2D eigenvalue weighted by Crippen LogP contribution is 2.36. The molecule has 0 unspecified atom stereocenters. The van der Waals surface area contributed by atoms with Crippen LogP contribution in [-0.2, 0) is 9.59 Å². The first kappa shape index (κ1) is 19.6. The number of carbonyl (C=O) groups is 2. The molecule has 0 spiro atoms. The lowest BCUT2D eigenvalue weighted by Crippen LogP contribution is -2.32. The lowest BCUT2D eigenvalue weighted by Gasteiger charge is -2.15. The maximum Gasteiger partial charge on any atom is 0.282 e. The van der Waals surface area contributed by atoms with Gasteiger partial charge in [0.25, 0.3) is 11.8 Å². The van der Waals surface area contributed by atoms with Crippen molar-refractivity contribution < 1.29 is 9.59 Å². The van der Waals surface area contributed by atoms with Gasteiger partial charge in [0.05, 0.1) is 11.3 Å². The van der Waals surface area contributed by atoms with E-state index in [4.69, 9.17) is 0 Å². The van der Waals surface area contributed by atoms with Crippen LogP contribution < -0.4 is 10.2 Å². The Bertz CT molecular complexity index is 1080. The summed E-state index contributed by atoms with van der Waals surface area (Å²) in [5.41, 5.74) is 3.24. The van der Waals surface area contributed by atoms with Crippen molar-refractivity contribution in [1.82, 2.24) is 0 Å². The molecule has 1 aliphatic heterocycles. The van der Waals surface area contributed by atoms with E-state index in [0.29, 0.717) is 22.9 Å². The molecule has 6 heteroatoms. The first-order chi connectivity index (χ1) is 14.0. The summed E-state index contributed by atoms with van der Waals surface area (Å²) in [6.07, 6.45) is 0. The van der Waals surface area contributed by atoms with E-state index in [1.807, 2.05) is 53.9 Å². The average molecular weight is 467 g/mol. The number of imide groups is 1.